The Morgan fingerprint density at radius 3 is 2.28 bits per heavy atom. The highest BCUT2D eigenvalue weighted by Crippen LogP contribution is 2.38. The predicted octanol–water partition coefficient (Wildman–Crippen LogP) is 6.65. The largest absolute Gasteiger partial charge is 0.417 e. The van der Waals surface area contributed by atoms with E-state index in [9.17, 15) is 27.2 Å². The number of rotatable bonds is 7. The van der Waals surface area contributed by atoms with E-state index in [0.29, 0.717) is 49.0 Å². The molecular weight excluding hydrogens is 475 g/mol. The summed E-state index contributed by atoms with van der Waals surface area (Å²) in [6.07, 6.45) is -2.85. The molecule has 1 aliphatic heterocycles. The summed E-state index contributed by atoms with van der Waals surface area (Å²) in [6.45, 7) is 1.44. The Balaban J connectivity index is 1.60. The van der Waals surface area contributed by atoms with Gasteiger partial charge in [-0.1, -0.05) is 36.4 Å². The van der Waals surface area contributed by atoms with Crippen LogP contribution in [0.2, 0.25) is 0 Å². The molecule has 0 saturated carbocycles. The van der Waals surface area contributed by atoms with Crippen molar-refractivity contribution in [2.45, 2.75) is 32.0 Å². The summed E-state index contributed by atoms with van der Waals surface area (Å²) in [5.74, 6) is -1.84. The van der Waals surface area contributed by atoms with Crippen molar-refractivity contribution in [1.29, 1.82) is 5.26 Å². The van der Waals surface area contributed by atoms with E-state index in [-0.39, 0.29) is 18.8 Å². The number of piperidine rings is 1. The zero-order valence-electron chi connectivity index (χ0n) is 19.5. The third-order valence-corrected chi connectivity index (χ3v) is 6.64. The van der Waals surface area contributed by atoms with E-state index in [1.54, 1.807) is 42.5 Å². The Morgan fingerprint density at radius 1 is 0.917 bits per heavy atom. The summed E-state index contributed by atoms with van der Waals surface area (Å²) in [4.78, 5) is 0. The minimum atomic E-state index is -4.70. The molecule has 1 saturated heterocycles. The molecule has 0 unspecified atom stereocenters. The molecule has 188 valence electrons. The number of nitrogens with zero attached hydrogens (tertiary/aromatic N) is 1. The van der Waals surface area contributed by atoms with Gasteiger partial charge in [0.2, 0.25) is 0 Å². The number of alkyl halides is 3. The molecule has 36 heavy (non-hydrogen) atoms. The molecule has 1 fully saturated rings. The van der Waals surface area contributed by atoms with Gasteiger partial charge in [-0.25, -0.2) is 8.78 Å². The standard InChI is InChI=1S/C28H25F5N2O/c29-25-7-6-19(12-26(25)30)15-27(8-10-35-11-9-27)18-36-17-22-13-21(20-4-2-1-3-5-20)14-24(23(22)16-34)28(31,32)33/h1-7,12-14,35H,8-11,15,17-18H2. The number of hydrogen-bond donors (Lipinski definition) is 1. The van der Waals surface area contributed by atoms with E-state index in [1.807, 2.05) is 0 Å². The van der Waals surface area contributed by atoms with Gasteiger partial charge in [-0.3, -0.25) is 0 Å². The molecule has 0 amide bonds. The zero-order chi connectivity index (χ0) is 25.8. The third-order valence-electron chi connectivity index (χ3n) is 6.64. The van der Waals surface area contributed by atoms with Crippen molar-refractivity contribution in [1.82, 2.24) is 5.32 Å². The molecule has 0 radical (unpaired) electrons. The van der Waals surface area contributed by atoms with Crippen LogP contribution in [0.5, 0.6) is 0 Å². The molecule has 4 rings (SSSR count). The van der Waals surface area contributed by atoms with Gasteiger partial charge in [0.1, 0.15) is 6.07 Å². The summed E-state index contributed by atoms with van der Waals surface area (Å²) < 4.78 is 74.6. The van der Waals surface area contributed by atoms with E-state index < -0.39 is 34.4 Å². The van der Waals surface area contributed by atoms with Crippen LogP contribution in [0.4, 0.5) is 22.0 Å². The summed E-state index contributed by atoms with van der Waals surface area (Å²) in [7, 11) is 0. The molecule has 1 aliphatic rings. The molecule has 8 heteroatoms. The van der Waals surface area contributed by atoms with Crippen molar-refractivity contribution >= 4 is 0 Å². The number of halogens is 5. The zero-order valence-corrected chi connectivity index (χ0v) is 19.5. The van der Waals surface area contributed by atoms with Crippen LogP contribution in [0.25, 0.3) is 11.1 Å². The lowest BCUT2D eigenvalue weighted by atomic mass is 9.75. The van der Waals surface area contributed by atoms with E-state index in [4.69, 9.17) is 4.74 Å². The molecule has 0 spiro atoms. The highest BCUT2D eigenvalue weighted by molar-refractivity contribution is 5.68. The van der Waals surface area contributed by atoms with E-state index in [1.165, 1.54) is 12.1 Å². The fraction of sp³-hybridized carbons (Fsp3) is 0.321. The van der Waals surface area contributed by atoms with Crippen molar-refractivity contribution < 1.29 is 26.7 Å². The molecule has 0 aromatic heterocycles. The van der Waals surface area contributed by atoms with Gasteiger partial charge in [-0.05, 0) is 78.9 Å². The monoisotopic (exact) mass is 500 g/mol. The lowest BCUT2D eigenvalue weighted by Gasteiger charge is -2.37. The van der Waals surface area contributed by atoms with Gasteiger partial charge < -0.3 is 10.1 Å². The molecule has 1 N–H and O–H groups in total. The van der Waals surface area contributed by atoms with E-state index in [0.717, 1.165) is 12.1 Å². The van der Waals surface area contributed by atoms with Crippen molar-refractivity contribution in [2.75, 3.05) is 19.7 Å². The quantitative estimate of drug-likeness (QED) is 0.370. The van der Waals surface area contributed by atoms with Crippen LogP contribution in [-0.2, 0) is 23.9 Å². The first-order chi connectivity index (χ1) is 17.2. The number of benzene rings is 3. The normalized spacial score (nSPS) is 15.4. The Morgan fingerprint density at radius 2 is 1.64 bits per heavy atom. The lowest BCUT2D eigenvalue weighted by Crippen LogP contribution is -2.41. The van der Waals surface area contributed by atoms with Crippen LogP contribution in [0.15, 0.2) is 60.7 Å². The smallest absolute Gasteiger partial charge is 0.376 e. The van der Waals surface area contributed by atoms with Crippen molar-refractivity contribution in [3.63, 3.8) is 0 Å². The van der Waals surface area contributed by atoms with Gasteiger partial charge in [0.05, 0.1) is 24.3 Å². The summed E-state index contributed by atoms with van der Waals surface area (Å²) in [5.41, 5.74) is -0.122. The lowest BCUT2D eigenvalue weighted by molar-refractivity contribution is -0.137. The van der Waals surface area contributed by atoms with Gasteiger partial charge in [-0.2, -0.15) is 18.4 Å². The SMILES string of the molecule is N#Cc1c(COCC2(Cc3ccc(F)c(F)c3)CCNCC2)cc(-c2ccccc2)cc1C(F)(F)F. The maximum absolute atomic E-state index is 13.8. The highest BCUT2D eigenvalue weighted by Gasteiger charge is 2.36. The summed E-state index contributed by atoms with van der Waals surface area (Å²) >= 11 is 0. The fourth-order valence-corrected chi connectivity index (χ4v) is 4.76. The first kappa shape index (κ1) is 25.8. The summed E-state index contributed by atoms with van der Waals surface area (Å²) in [6, 6.07) is 16.7. The predicted molar refractivity (Wildman–Crippen MR) is 126 cm³/mol. The highest BCUT2D eigenvalue weighted by atomic mass is 19.4. The second-order valence-electron chi connectivity index (χ2n) is 9.20. The first-order valence-corrected chi connectivity index (χ1v) is 11.6. The van der Waals surface area contributed by atoms with Crippen molar-refractivity contribution in [3.8, 4) is 17.2 Å². The molecule has 1 heterocycles. The Kier molecular flexibility index (Phi) is 7.72. The van der Waals surface area contributed by atoms with E-state index >= 15 is 0 Å². The van der Waals surface area contributed by atoms with Crippen LogP contribution in [0.1, 0.15) is 35.1 Å². The second-order valence-corrected chi connectivity index (χ2v) is 9.20. The summed E-state index contributed by atoms with van der Waals surface area (Å²) in [5, 5.41) is 12.9. The first-order valence-electron chi connectivity index (χ1n) is 11.6. The third kappa shape index (κ3) is 5.92. The minimum Gasteiger partial charge on any atom is -0.376 e. The molecule has 3 aromatic carbocycles. The maximum atomic E-state index is 13.8. The van der Waals surface area contributed by atoms with Crippen molar-refractivity contribution in [2.24, 2.45) is 5.41 Å². The topological polar surface area (TPSA) is 45.0 Å². The van der Waals surface area contributed by atoms with Crippen molar-refractivity contribution in [3.05, 3.63) is 94.6 Å². The Bertz CT molecular complexity index is 1250. The molecule has 0 bridgehead atoms. The Labute approximate surface area is 206 Å². The maximum Gasteiger partial charge on any atom is 0.417 e. The second kappa shape index (κ2) is 10.8. The Hall–Kier alpha value is -3.28. The van der Waals surface area contributed by atoms with Gasteiger partial charge >= 0.3 is 6.18 Å². The molecule has 0 aliphatic carbocycles. The van der Waals surface area contributed by atoms with Crippen LogP contribution >= 0.6 is 0 Å². The number of nitrogens with one attached hydrogen (secondary N) is 1. The van der Waals surface area contributed by atoms with Gasteiger partial charge in [-0.15, -0.1) is 0 Å². The fourth-order valence-electron chi connectivity index (χ4n) is 4.76. The van der Waals surface area contributed by atoms with Crippen LogP contribution in [0.3, 0.4) is 0 Å². The minimum absolute atomic E-state index is 0.156. The number of ether oxygens (including phenoxy) is 1. The van der Waals surface area contributed by atoms with Crippen LogP contribution < -0.4 is 5.32 Å². The van der Waals surface area contributed by atoms with Crippen LogP contribution in [0, 0.1) is 28.4 Å². The number of nitriles is 1. The number of hydrogen-bond acceptors (Lipinski definition) is 3. The molecule has 3 aromatic rings. The average Bonchev–Trinajstić information content (AvgIpc) is 2.86. The van der Waals surface area contributed by atoms with Gasteiger partial charge in [0, 0.05) is 5.41 Å². The van der Waals surface area contributed by atoms with Crippen LogP contribution in [-0.4, -0.2) is 19.7 Å². The van der Waals surface area contributed by atoms with E-state index in [2.05, 4.69) is 5.32 Å². The van der Waals surface area contributed by atoms with Gasteiger partial charge in [0.15, 0.2) is 11.6 Å². The molecule has 3 nitrogen and oxygen atoms in total. The molecular formula is C28H25F5N2O. The van der Waals surface area contributed by atoms with Gasteiger partial charge in [0.25, 0.3) is 0 Å². The molecule has 0 atom stereocenters. The average molecular weight is 501 g/mol.